The SMILES string of the molecule is C=CCOc1ccc(CNC(=S)Nc2ccccc2)cc1. The highest BCUT2D eigenvalue weighted by atomic mass is 32.1. The van der Waals surface area contributed by atoms with Crippen molar-refractivity contribution in [2.75, 3.05) is 11.9 Å². The molecular formula is C17H18N2OS. The van der Waals surface area contributed by atoms with Gasteiger partial charge in [-0.05, 0) is 42.0 Å². The number of thiocarbonyl (C=S) groups is 1. The van der Waals surface area contributed by atoms with Crippen LogP contribution in [-0.4, -0.2) is 11.7 Å². The third-order valence-electron chi connectivity index (χ3n) is 2.78. The van der Waals surface area contributed by atoms with Gasteiger partial charge in [0.1, 0.15) is 12.4 Å². The molecule has 0 aromatic heterocycles. The number of ether oxygens (including phenoxy) is 1. The van der Waals surface area contributed by atoms with Crippen LogP contribution < -0.4 is 15.4 Å². The number of nitrogens with one attached hydrogen (secondary N) is 2. The van der Waals surface area contributed by atoms with E-state index in [1.54, 1.807) is 6.08 Å². The van der Waals surface area contributed by atoms with Gasteiger partial charge < -0.3 is 15.4 Å². The van der Waals surface area contributed by atoms with Crippen molar-refractivity contribution in [1.82, 2.24) is 5.32 Å². The lowest BCUT2D eigenvalue weighted by Gasteiger charge is -2.11. The van der Waals surface area contributed by atoms with E-state index in [0.29, 0.717) is 18.3 Å². The van der Waals surface area contributed by atoms with Gasteiger partial charge in [0.05, 0.1) is 0 Å². The second-order valence-corrected chi connectivity index (χ2v) is 4.83. The molecule has 0 aliphatic heterocycles. The van der Waals surface area contributed by atoms with E-state index in [2.05, 4.69) is 17.2 Å². The van der Waals surface area contributed by atoms with Crippen molar-refractivity contribution in [3.05, 3.63) is 72.8 Å². The standard InChI is InChI=1S/C17H18N2OS/c1-2-12-20-16-10-8-14(9-11-16)13-18-17(21)19-15-6-4-3-5-7-15/h2-11H,1,12-13H2,(H2,18,19,21). The van der Waals surface area contributed by atoms with E-state index in [9.17, 15) is 0 Å². The van der Waals surface area contributed by atoms with Gasteiger partial charge in [0.2, 0.25) is 0 Å². The number of hydrogen-bond acceptors (Lipinski definition) is 2. The van der Waals surface area contributed by atoms with E-state index in [-0.39, 0.29) is 0 Å². The van der Waals surface area contributed by atoms with Crippen LogP contribution in [0.15, 0.2) is 67.3 Å². The summed E-state index contributed by atoms with van der Waals surface area (Å²) in [4.78, 5) is 0. The van der Waals surface area contributed by atoms with E-state index in [4.69, 9.17) is 17.0 Å². The van der Waals surface area contributed by atoms with E-state index in [0.717, 1.165) is 17.0 Å². The number of rotatable bonds is 6. The van der Waals surface area contributed by atoms with Crippen LogP contribution in [0.4, 0.5) is 5.69 Å². The van der Waals surface area contributed by atoms with E-state index >= 15 is 0 Å². The highest BCUT2D eigenvalue weighted by Crippen LogP contribution is 2.12. The molecule has 0 aliphatic rings. The summed E-state index contributed by atoms with van der Waals surface area (Å²) in [6.45, 7) is 4.80. The molecular weight excluding hydrogens is 280 g/mol. The van der Waals surface area contributed by atoms with Gasteiger partial charge >= 0.3 is 0 Å². The molecule has 21 heavy (non-hydrogen) atoms. The summed E-state index contributed by atoms with van der Waals surface area (Å²) < 4.78 is 5.44. The van der Waals surface area contributed by atoms with E-state index in [1.165, 1.54) is 0 Å². The maximum Gasteiger partial charge on any atom is 0.171 e. The zero-order valence-electron chi connectivity index (χ0n) is 11.7. The molecule has 0 aliphatic carbocycles. The van der Waals surface area contributed by atoms with Gasteiger partial charge in [0.25, 0.3) is 0 Å². The summed E-state index contributed by atoms with van der Waals surface area (Å²) in [5, 5.41) is 6.91. The molecule has 0 spiro atoms. The fourth-order valence-corrected chi connectivity index (χ4v) is 1.93. The minimum Gasteiger partial charge on any atom is -0.490 e. The van der Waals surface area contributed by atoms with Crippen LogP contribution in [0.2, 0.25) is 0 Å². The second-order valence-electron chi connectivity index (χ2n) is 4.42. The maximum atomic E-state index is 5.44. The van der Waals surface area contributed by atoms with Gasteiger partial charge in [-0.3, -0.25) is 0 Å². The first kappa shape index (κ1) is 15.1. The fourth-order valence-electron chi connectivity index (χ4n) is 1.74. The molecule has 2 N–H and O–H groups in total. The normalized spacial score (nSPS) is 9.71. The first-order valence-corrected chi connectivity index (χ1v) is 7.11. The largest absolute Gasteiger partial charge is 0.490 e. The number of benzene rings is 2. The summed E-state index contributed by atoms with van der Waals surface area (Å²) >= 11 is 5.26. The molecule has 0 amide bonds. The Morgan fingerprint density at radius 3 is 2.48 bits per heavy atom. The van der Waals surface area contributed by atoms with Crippen molar-refractivity contribution in [3.63, 3.8) is 0 Å². The highest BCUT2D eigenvalue weighted by molar-refractivity contribution is 7.80. The van der Waals surface area contributed by atoms with E-state index < -0.39 is 0 Å². The van der Waals surface area contributed by atoms with Crippen LogP contribution in [0.25, 0.3) is 0 Å². The number of hydrogen-bond donors (Lipinski definition) is 2. The van der Waals surface area contributed by atoms with Crippen molar-refractivity contribution >= 4 is 23.0 Å². The van der Waals surface area contributed by atoms with Gasteiger partial charge in [0, 0.05) is 12.2 Å². The van der Waals surface area contributed by atoms with Crippen LogP contribution in [0.1, 0.15) is 5.56 Å². The fraction of sp³-hybridized carbons (Fsp3) is 0.118. The van der Waals surface area contributed by atoms with Gasteiger partial charge in [-0.1, -0.05) is 43.0 Å². The molecule has 0 atom stereocenters. The molecule has 0 bridgehead atoms. The number of anilines is 1. The molecule has 4 heteroatoms. The van der Waals surface area contributed by atoms with Crippen molar-refractivity contribution in [2.45, 2.75) is 6.54 Å². The Balaban J connectivity index is 1.79. The summed E-state index contributed by atoms with van der Waals surface area (Å²) in [6.07, 6.45) is 1.73. The van der Waals surface area contributed by atoms with Crippen LogP contribution in [0.3, 0.4) is 0 Å². The Morgan fingerprint density at radius 2 is 1.81 bits per heavy atom. The molecule has 0 saturated carbocycles. The Kier molecular flexibility index (Phi) is 5.79. The molecule has 2 rings (SSSR count). The summed E-state index contributed by atoms with van der Waals surface area (Å²) in [6, 6.07) is 17.7. The molecule has 3 nitrogen and oxygen atoms in total. The van der Waals surface area contributed by atoms with Crippen molar-refractivity contribution in [1.29, 1.82) is 0 Å². The zero-order valence-corrected chi connectivity index (χ0v) is 12.5. The Bertz CT molecular complexity index is 581. The average molecular weight is 298 g/mol. The minimum atomic E-state index is 0.517. The monoisotopic (exact) mass is 298 g/mol. The molecule has 108 valence electrons. The van der Waals surface area contributed by atoms with Crippen molar-refractivity contribution < 1.29 is 4.74 Å². The molecule has 0 fully saturated rings. The second kappa shape index (κ2) is 8.07. The van der Waals surface area contributed by atoms with E-state index in [1.807, 2.05) is 54.6 Å². The molecule has 0 heterocycles. The van der Waals surface area contributed by atoms with Crippen molar-refractivity contribution in [2.24, 2.45) is 0 Å². The van der Waals surface area contributed by atoms with Gasteiger partial charge in [-0.15, -0.1) is 0 Å². The van der Waals surface area contributed by atoms with Gasteiger partial charge in [-0.2, -0.15) is 0 Å². The predicted octanol–water partition coefficient (Wildman–Crippen LogP) is 3.74. The molecule has 0 radical (unpaired) electrons. The third-order valence-corrected chi connectivity index (χ3v) is 3.02. The maximum absolute atomic E-state index is 5.44. The van der Waals surface area contributed by atoms with Gasteiger partial charge in [0.15, 0.2) is 5.11 Å². The predicted molar refractivity (Wildman–Crippen MR) is 91.6 cm³/mol. The quantitative estimate of drug-likeness (QED) is 0.629. The lowest BCUT2D eigenvalue weighted by atomic mass is 10.2. The van der Waals surface area contributed by atoms with Crippen molar-refractivity contribution in [3.8, 4) is 5.75 Å². The lowest BCUT2D eigenvalue weighted by Crippen LogP contribution is -2.27. The molecule has 0 unspecified atom stereocenters. The first-order chi connectivity index (χ1) is 10.3. The zero-order chi connectivity index (χ0) is 14.9. The summed E-state index contributed by atoms with van der Waals surface area (Å²) in [7, 11) is 0. The smallest absolute Gasteiger partial charge is 0.171 e. The summed E-state index contributed by atoms with van der Waals surface area (Å²) in [5.41, 5.74) is 2.11. The topological polar surface area (TPSA) is 33.3 Å². The molecule has 0 saturated heterocycles. The molecule has 2 aromatic carbocycles. The van der Waals surface area contributed by atoms with Crippen LogP contribution in [0.5, 0.6) is 5.75 Å². The molecule has 2 aromatic rings. The van der Waals surface area contributed by atoms with Crippen LogP contribution in [0, 0.1) is 0 Å². The third kappa shape index (κ3) is 5.28. The highest BCUT2D eigenvalue weighted by Gasteiger charge is 1.98. The number of para-hydroxylation sites is 1. The summed E-state index contributed by atoms with van der Waals surface area (Å²) in [5.74, 6) is 0.837. The Morgan fingerprint density at radius 1 is 1.10 bits per heavy atom. The van der Waals surface area contributed by atoms with Gasteiger partial charge in [-0.25, -0.2) is 0 Å². The Labute approximate surface area is 130 Å². The van der Waals surface area contributed by atoms with Crippen LogP contribution >= 0.6 is 12.2 Å². The first-order valence-electron chi connectivity index (χ1n) is 6.70. The Hall–Kier alpha value is -2.33. The van der Waals surface area contributed by atoms with Crippen LogP contribution in [-0.2, 0) is 6.54 Å². The minimum absolute atomic E-state index is 0.517. The lowest BCUT2D eigenvalue weighted by molar-refractivity contribution is 0.363. The average Bonchev–Trinajstić information content (AvgIpc) is 2.53.